The maximum absolute atomic E-state index is 13.0. The van der Waals surface area contributed by atoms with Gasteiger partial charge in [-0.1, -0.05) is 17.2 Å². The van der Waals surface area contributed by atoms with Crippen molar-refractivity contribution >= 4 is 51.1 Å². The number of nitrogens with one attached hydrogen (secondary N) is 5. The predicted octanol–water partition coefficient (Wildman–Crippen LogP) is 2.43. The summed E-state index contributed by atoms with van der Waals surface area (Å²) in [5, 5.41) is 15.2. The minimum Gasteiger partial charge on any atom is -0.359 e. The van der Waals surface area contributed by atoms with Gasteiger partial charge in [0.25, 0.3) is 5.91 Å². The Labute approximate surface area is 295 Å². The Bertz CT molecular complexity index is 1140. The molecule has 0 aliphatic rings. The topological polar surface area (TPSA) is 165 Å². The number of hydrogen-bond acceptors (Lipinski definition) is 10. The summed E-state index contributed by atoms with van der Waals surface area (Å²) in [5.74, 6) is 0.303. The van der Waals surface area contributed by atoms with Gasteiger partial charge in [0.15, 0.2) is 0 Å². The standard InChI is InChI=1S/C33H58N8O5S2/c1-33(2,39-31(45)25-16-17-30(37-22-25)48-47-21-12-8-9-15-27(42)34-3)18-13-20-36-32(46)26(38-29(44)24-41(6)7)14-10-11-19-35-28(43)23-40(4)5/h16-17,22,26H,8-15,18-21,23-24H2,1-7H3,(H,34,42)(H,35,43)(H,36,46)(H,38,44)(H,39,45)/t26-/m0/s1. The molecule has 1 rings (SSSR count). The zero-order chi connectivity index (χ0) is 36.0. The van der Waals surface area contributed by atoms with Gasteiger partial charge in [0.2, 0.25) is 23.6 Å². The molecule has 48 heavy (non-hydrogen) atoms. The summed E-state index contributed by atoms with van der Waals surface area (Å²) in [6.45, 7) is 5.29. The van der Waals surface area contributed by atoms with Crippen molar-refractivity contribution < 1.29 is 24.0 Å². The van der Waals surface area contributed by atoms with Gasteiger partial charge in [-0.3, -0.25) is 24.0 Å². The Balaban J connectivity index is 2.46. The van der Waals surface area contributed by atoms with Crippen LogP contribution < -0.4 is 26.6 Å². The highest BCUT2D eigenvalue weighted by atomic mass is 33.1. The molecular formula is C33H58N8O5S2. The summed E-state index contributed by atoms with van der Waals surface area (Å²) in [5.41, 5.74) is -0.0346. The smallest absolute Gasteiger partial charge is 0.253 e. The van der Waals surface area contributed by atoms with Crippen molar-refractivity contribution in [3.8, 4) is 0 Å². The van der Waals surface area contributed by atoms with E-state index >= 15 is 0 Å². The molecule has 5 N–H and O–H groups in total. The summed E-state index contributed by atoms with van der Waals surface area (Å²) in [4.78, 5) is 69.4. The van der Waals surface area contributed by atoms with Gasteiger partial charge in [-0.2, -0.15) is 0 Å². The van der Waals surface area contributed by atoms with E-state index in [1.807, 2.05) is 34.0 Å². The number of hydrogen-bond donors (Lipinski definition) is 5. The average Bonchev–Trinajstić information content (AvgIpc) is 3.01. The van der Waals surface area contributed by atoms with E-state index in [-0.39, 0.29) is 36.1 Å². The van der Waals surface area contributed by atoms with Gasteiger partial charge in [-0.05, 0) is 110 Å². The molecule has 0 aliphatic carbocycles. The lowest BCUT2D eigenvalue weighted by atomic mass is 9.97. The molecule has 1 heterocycles. The Morgan fingerprint density at radius 1 is 0.833 bits per heavy atom. The van der Waals surface area contributed by atoms with Crippen molar-refractivity contribution in [1.82, 2.24) is 41.4 Å². The largest absolute Gasteiger partial charge is 0.359 e. The molecule has 13 nitrogen and oxygen atoms in total. The van der Waals surface area contributed by atoms with Gasteiger partial charge in [0, 0.05) is 44.0 Å². The van der Waals surface area contributed by atoms with Gasteiger partial charge in [0.1, 0.15) is 11.1 Å². The van der Waals surface area contributed by atoms with Gasteiger partial charge in [0.05, 0.1) is 18.7 Å². The number of carbonyl (C=O) groups is 5. The molecule has 1 aromatic rings. The van der Waals surface area contributed by atoms with E-state index < -0.39 is 11.6 Å². The molecule has 0 saturated carbocycles. The van der Waals surface area contributed by atoms with E-state index in [1.165, 1.54) is 0 Å². The van der Waals surface area contributed by atoms with Crippen molar-refractivity contribution in [3.05, 3.63) is 23.9 Å². The third kappa shape index (κ3) is 21.2. The van der Waals surface area contributed by atoms with Crippen molar-refractivity contribution in [2.75, 3.05) is 67.2 Å². The summed E-state index contributed by atoms with van der Waals surface area (Å²) in [6, 6.07) is 2.94. The molecule has 0 unspecified atom stereocenters. The van der Waals surface area contributed by atoms with Crippen LogP contribution in [0.5, 0.6) is 0 Å². The van der Waals surface area contributed by atoms with E-state index in [2.05, 4.69) is 31.6 Å². The molecule has 0 bridgehead atoms. The first-order valence-electron chi connectivity index (χ1n) is 16.6. The zero-order valence-electron chi connectivity index (χ0n) is 29.9. The summed E-state index contributed by atoms with van der Waals surface area (Å²) in [7, 11) is 12.2. The molecule has 1 atom stereocenters. The Kier molecular flexibility index (Phi) is 21.8. The van der Waals surface area contributed by atoms with Gasteiger partial charge < -0.3 is 36.4 Å². The first-order chi connectivity index (χ1) is 22.7. The molecule has 0 saturated heterocycles. The zero-order valence-corrected chi connectivity index (χ0v) is 31.5. The molecule has 0 fully saturated rings. The molecule has 0 aromatic carbocycles. The minimum absolute atomic E-state index is 0.0501. The van der Waals surface area contributed by atoms with Crippen LogP contribution in [0.4, 0.5) is 0 Å². The van der Waals surface area contributed by atoms with Crippen LogP contribution in [0.25, 0.3) is 0 Å². The van der Waals surface area contributed by atoms with Crippen LogP contribution in [-0.2, 0) is 19.2 Å². The van der Waals surface area contributed by atoms with Crippen LogP contribution in [0.2, 0.25) is 0 Å². The van der Waals surface area contributed by atoms with E-state index in [4.69, 9.17) is 0 Å². The third-order valence-electron chi connectivity index (χ3n) is 7.10. The lowest BCUT2D eigenvalue weighted by Crippen LogP contribution is -2.49. The highest BCUT2D eigenvalue weighted by molar-refractivity contribution is 8.76. The molecule has 15 heteroatoms. The maximum atomic E-state index is 13.0. The molecule has 5 amide bonds. The monoisotopic (exact) mass is 710 g/mol. The van der Waals surface area contributed by atoms with Gasteiger partial charge in [-0.25, -0.2) is 4.98 Å². The first kappa shape index (κ1) is 43.1. The van der Waals surface area contributed by atoms with E-state index in [0.717, 1.165) is 30.0 Å². The third-order valence-corrected chi connectivity index (χ3v) is 9.45. The maximum Gasteiger partial charge on any atom is 0.253 e. The van der Waals surface area contributed by atoms with Gasteiger partial charge in [-0.15, -0.1) is 0 Å². The van der Waals surface area contributed by atoms with Crippen molar-refractivity contribution in [1.29, 1.82) is 0 Å². The molecule has 1 aromatic heterocycles. The number of unbranched alkanes of at least 4 members (excludes halogenated alkanes) is 3. The number of pyridine rings is 1. The fraction of sp³-hybridized carbons (Fsp3) is 0.697. The quantitative estimate of drug-likeness (QED) is 0.0752. The lowest BCUT2D eigenvalue weighted by molar-refractivity contribution is -0.129. The van der Waals surface area contributed by atoms with Crippen LogP contribution >= 0.6 is 21.6 Å². The second kappa shape index (κ2) is 24.3. The predicted molar refractivity (Wildman–Crippen MR) is 195 cm³/mol. The number of carbonyl (C=O) groups excluding carboxylic acids is 5. The van der Waals surface area contributed by atoms with E-state index in [9.17, 15) is 24.0 Å². The Hall–Kier alpha value is -2.88. The van der Waals surface area contributed by atoms with E-state index in [0.29, 0.717) is 63.7 Å². The van der Waals surface area contributed by atoms with Crippen molar-refractivity contribution in [2.24, 2.45) is 0 Å². The van der Waals surface area contributed by atoms with Crippen LogP contribution in [0.15, 0.2) is 23.4 Å². The number of rotatable bonds is 25. The molecule has 0 aliphatic heterocycles. The fourth-order valence-electron chi connectivity index (χ4n) is 4.56. The Morgan fingerprint density at radius 3 is 2.17 bits per heavy atom. The lowest BCUT2D eigenvalue weighted by Gasteiger charge is -2.26. The molecule has 0 radical (unpaired) electrons. The van der Waals surface area contributed by atoms with Crippen LogP contribution in [0.3, 0.4) is 0 Å². The van der Waals surface area contributed by atoms with Crippen LogP contribution in [0, 0.1) is 0 Å². The summed E-state index contributed by atoms with van der Waals surface area (Å²) >= 11 is 0. The number of likely N-dealkylation sites (N-methyl/N-ethyl adjacent to an activating group) is 2. The molecule has 0 spiro atoms. The summed E-state index contributed by atoms with van der Waals surface area (Å²) in [6.07, 6.45) is 8.14. The van der Waals surface area contributed by atoms with Crippen LogP contribution in [0.1, 0.15) is 82.0 Å². The van der Waals surface area contributed by atoms with Gasteiger partial charge >= 0.3 is 0 Å². The minimum atomic E-state index is -0.671. The second-order valence-corrected chi connectivity index (χ2v) is 15.4. The number of amides is 5. The highest BCUT2D eigenvalue weighted by Gasteiger charge is 2.23. The number of nitrogens with zero attached hydrogens (tertiary/aromatic N) is 3. The first-order valence-corrected chi connectivity index (χ1v) is 19.0. The summed E-state index contributed by atoms with van der Waals surface area (Å²) < 4.78 is 0. The fourth-order valence-corrected chi connectivity index (χ4v) is 6.57. The molecule has 272 valence electrons. The normalized spacial score (nSPS) is 12.0. The Morgan fingerprint density at radius 2 is 1.52 bits per heavy atom. The second-order valence-electron chi connectivity index (χ2n) is 12.9. The highest BCUT2D eigenvalue weighted by Crippen LogP contribution is 2.30. The molecular weight excluding hydrogens is 653 g/mol. The van der Waals surface area contributed by atoms with E-state index in [1.54, 1.807) is 64.8 Å². The van der Waals surface area contributed by atoms with Crippen LogP contribution in [-0.4, -0.2) is 123 Å². The number of aromatic nitrogens is 1. The SMILES string of the molecule is CNC(=O)CCCCCSSc1ccc(C(=O)NC(C)(C)CCCNC(=O)[C@H](CCCCNC(=O)CN(C)C)NC(=O)CN(C)C)cn1. The van der Waals surface area contributed by atoms with Crippen molar-refractivity contribution in [2.45, 2.75) is 88.2 Å². The van der Waals surface area contributed by atoms with Crippen molar-refractivity contribution in [3.63, 3.8) is 0 Å². The average molecular weight is 711 g/mol.